The quantitative estimate of drug-likeness (QED) is 0.404. The standard InChI is InChI=1S/C28H28FN5O4/c29-21-8-6-20(7-9-21)26(35)32-12-10-28(37,11-13-32)17-33-18-30-25-24(27(33)36)15-31-34(25)22-2-1-3-23(14-22)38-16-19-4-5-19/h1-3,6-9,14-15,18-19,37H,4-5,10-13,16-17H2. The van der Waals surface area contributed by atoms with Gasteiger partial charge < -0.3 is 14.7 Å². The number of fused-ring (bicyclic) bond motifs is 1. The Kier molecular flexibility index (Phi) is 6.19. The smallest absolute Gasteiger partial charge is 0.264 e. The lowest BCUT2D eigenvalue weighted by Crippen LogP contribution is -2.49. The van der Waals surface area contributed by atoms with Gasteiger partial charge in [-0.2, -0.15) is 5.10 Å². The number of hydrogen-bond donors (Lipinski definition) is 1. The molecule has 10 heteroatoms. The summed E-state index contributed by atoms with van der Waals surface area (Å²) in [7, 11) is 0. The van der Waals surface area contributed by atoms with Crippen molar-refractivity contribution in [1.82, 2.24) is 24.2 Å². The van der Waals surface area contributed by atoms with Crippen molar-refractivity contribution in [2.75, 3.05) is 19.7 Å². The number of carbonyl (C=O) groups is 1. The van der Waals surface area contributed by atoms with Gasteiger partial charge in [0.2, 0.25) is 0 Å². The first kappa shape index (κ1) is 24.3. The number of nitrogens with zero attached hydrogens (tertiary/aromatic N) is 5. The first-order valence-electron chi connectivity index (χ1n) is 12.8. The predicted octanol–water partition coefficient (Wildman–Crippen LogP) is 3.18. The molecule has 2 aromatic carbocycles. The van der Waals surface area contributed by atoms with E-state index in [2.05, 4.69) is 10.1 Å². The molecule has 1 amide bonds. The highest BCUT2D eigenvalue weighted by Gasteiger charge is 2.35. The maximum Gasteiger partial charge on any atom is 0.264 e. The van der Waals surface area contributed by atoms with Crippen LogP contribution in [0, 0.1) is 11.7 Å². The van der Waals surface area contributed by atoms with Crippen LogP contribution >= 0.6 is 0 Å². The van der Waals surface area contributed by atoms with Crippen LogP contribution in [0.25, 0.3) is 16.7 Å². The van der Waals surface area contributed by atoms with Crippen LogP contribution in [-0.2, 0) is 6.54 Å². The predicted molar refractivity (Wildman–Crippen MR) is 138 cm³/mol. The van der Waals surface area contributed by atoms with Crippen molar-refractivity contribution in [3.05, 3.63) is 82.8 Å². The average molecular weight is 518 g/mol. The van der Waals surface area contributed by atoms with Gasteiger partial charge in [0, 0.05) is 24.7 Å². The molecule has 2 fully saturated rings. The molecule has 9 nitrogen and oxygen atoms in total. The molecule has 2 aromatic heterocycles. The lowest BCUT2D eigenvalue weighted by Gasteiger charge is -2.38. The zero-order valence-electron chi connectivity index (χ0n) is 20.8. The summed E-state index contributed by atoms with van der Waals surface area (Å²) in [4.78, 5) is 32.1. The van der Waals surface area contributed by atoms with E-state index >= 15 is 0 Å². The van der Waals surface area contributed by atoms with Crippen LogP contribution in [0.5, 0.6) is 5.75 Å². The first-order valence-corrected chi connectivity index (χ1v) is 12.8. The maximum absolute atomic E-state index is 13.3. The van der Waals surface area contributed by atoms with Crippen LogP contribution in [0.3, 0.4) is 0 Å². The molecule has 1 aliphatic carbocycles. The van der Waals surface area contributed by atoms with E-state index < -0.39 is 11.4 Å². The third-order valence-corrected chi connectivity index (χ3v) is 7.34. The Labute approximate surface area is 218 Å². The van der Waals surface area contributed by atoms with Gasteiger partial charge in [0.15, 0.2) is 5.65 Å². The summed E-state index contributed by atoms with van der Waals surface area (Å²) < 4.78 is 22.1. The molecular weight excluding hydrogens is 489 g/mol. The minimum atomic E-state index is -1.16. The van der Waals surface area contributed by atoms with Crippen molar-refractivity contribution in [2.45, 2.75) is 37.8 Å². The summed E-state index contributed by atoms with van der Waals surface area (Å²) in [6.07, 6.45) is 5.95. The number of carbonyl (C=O) groups excluding carboxylic acids is 1. The Morgan fingerprint density at radius 3 is 2.63 bits per heavy atom. The Hall–Kier alpha value is -4.05. The minimum Gasteiger partial charge on any atom is -0.493 e. The zero-order valence-corrected chi connectivity index (χ0v) is 20.8. The van der Waals surface area contributed by atoms with Crippen molar-refractivity contribution in [3.63, 3.8) is 0 Å². The highest BCUT2D eigenvalue weighted by molar-refractivity contribution is 5.94. The van der Waals surface area contributed by atoms with Gasteiger partial charge in [0.1, 0.15) is 23.3 Å². The number of amides is 1. The Bertz CT molecular complexity index is 1540. The summed E-state index contributed by atoms with van der Waals surface area (Å²) in [5.41, 5.74) is 0.120. The highest BCUT2D eigenvalue weighted by Crippen LogP contribution is 2.30. The second kappa shape index (κ2) is 9.68. The molecule has 0 bridgehead atoms. The highest BCUT2D eigenvalue weighted by atomic mass is 19.1. The van der Waals surface area contributed by atoms with Gasteiger partial charge >= 0.3 is 0 Å². The van der Waals surface area contributed by atoms with E-state index in [-0.39, 0.29) is 18.0 Å². The van der Waals surface area contributed by atoms with Crippen LogP contribution < -0.4 is 10.3 Å². The number of aliphatic hydroxyl groups is 1. The molecular formula is C28H28FN5O4. The van der Waals surface area contributed by atoms with Gasteiger partial charge in [-0.1, -0.05) is 6.07 Å². The van der Waals surface area contributed by atoms with Gasteiger partial charge in [-0.15, -0.1) is 0 Å². The molecule has 38 heavy (non-hydrogen) atoms. The molecule has 1 saturated heterocycles. The Morgan fingerprint density at radius 1 is 1.13 bits per heavy atom. The molecule has 1 saturated carbocycles. The summed E-state index contributed by atoms with van der Waals surface area (Å²) in [6.45, 7) is 1.42. The van der Waals surface area contributed by atoms with Crippen LogP contribution in [0.1, 0.15) is 36.0 Å². The lowest BCUT2D eigenvalue weighted by atomic mass is 9.91. The van der Waals surface area contributed by atoms with Gasteiger partial charge in [-0.3, -0.25) is 14.2 Å². The van der Waals surface area contributed by atoms with E-state index in [0.29, 0.717) is 55.1 Å². The second-order valence-corrected chi connectivity index (χ2v) is 10.2. The van der Waals surface area contributed by atoms with Gasteiger partial charge in [0.05, 0.1) is 30.6 Å². The number of piperidine rings is 1. The van der Waals surface area contributed by atoms with Crippen molar-refractivity contribution >= 4 is 16.9 Å². The second-order valence-electron chi connectivity index (χ2n) is 10.2. The van der Waals surface area contributed by atoms with E-state index in [1.54, 1.807) is 9.58 Å². The topological polar surface area (TPSA) is 102 Å². The molecule has 1 aliphatic heterocycles. The van der Waals surface area contributed by atoms with Crippen LogP contribution in [0.4, 0.5) is 4.39 Å². The SMILES string of the molecule is O=C(c1ccc(F)cc1)N1CCC(O)(Cn2cnc3c(cnn3-c3cccc(OCC4CC4)c3)c2=O)CC1. The fourth-order valence-electron chi connectivity index (χ4n) is 4.83. The van der Waals surface area contributed by atoms with Crippen molar-refractivity contribution < 1.29 is 19.0 Å². The minimum absolute atomic E-state index is 0.0586. The van der Waals surface area contributed by atoms with E-state index in [9.17, 15) is 19.1 Å². The van der Waals surface area contributed by atoms with Gasteiger partial charge in [-0.05, 0) is 68.0 Å². The molecule has 0 spiro atoms. The molecule has 3 heterocycles. The monoisotopic (exact) mass is 517 g/mol. The summed E-state index contributed by atoms with van der Waals surface area (Å²) in [5.74, 6) is 0.781. The van der Waals surface area contributed by atoms with Gasteiger partial charge in [0.25, 0.3) is 11.5 Å². The van der Waals surface area contributed by atoms with Crippen LogP contribution in [-0.4, -0.2) is 60.5 Å². The first-order chi connectivity index (χ1) is 18.4. The summed E-state index contributed by atoms with van der Waals surface area (Å²) >= 11 is 0. The summed E-state index contributed by atoms with van der Waals surface area (Å²) in [5, 5.41) is 16.0. The zero-order chi connectivity index (χ0) is 26.3. The largest absolute Gasteiger partial charge is 0.493 e. The van der Waals surface area contributed by atoms with Gasteiger partial charge in [-0.25, -0.2) is 14.1 Å². The lowest BCUT2D eigenvalue weighted by molar-refractivity contribution is -0.0299. The molecule has 6 rings (SSSR count). The van der Waals surface area contributed by atoms with E-state index in [0.717, 1.165) is 11.4 Å². The Balaban J connectivity index is 1.16. The van der Waals surface area contributed by atoms with Crippen molar-refractivity contribution in [2.24, 2.45) is 5.92 Å². The fraction of sp³-hybridized carbons (Fsp3) is 0.357. The number of halogens is 1. The van der Waals surface area contributed by atoms with E-state index in [1.165, 1.54) is 54.2 Å². The van der Waals surface area contributed by atoms with E-state index in [4.69, 9.17) is 4.74 Å². The number of likely N-dealkylation sites (tertiary alicyclic amines) is 1. The molecule has 4 aromatic rings. The third-order valence-electron chi connectivity index (χ3n) is 7.34. The van der Waals surface area contributed by atoms with Crippen LogP contribution in [0.15, 0.2) is 65.8 Å². The van der Waals surface area contributed by atoms with E-state index in [1.807, 2.05) is 24.3 Å². The molecule has 1 N–H and O–H groups in total. The Morgan fingerprint density at radius 2 is 1.89 bits per heavy atom. The third kappa shape index (κ3) is 4.91. The normalized spacial score (nSPS) is 17.1. The maximum atomic E-state index is 13.3. The number of ether oxygens (including phenoxy) is 1. The fourth-order valence-corrected chi connectivity index (χ4v) is 4.83. The number of benzene rings is 2. The molecule has 0 radical (unpaired) electrons. The molecule has 0 unspecified atom stereocenters. The molecule has 0 atom stereocenters. The van der Waals surface area contributed by atoms with Crippen LogP contribution in [0.2, 0.25) is 0 Å². The summed E-state index contributed by atoms with van der Waals surface area (Å²) in [6, 6.07) is 13.0. The number of rotatable bonds is 7. The molecule has 196 valence electrons. The van der Waals surface area contributed by atoms with Crippen molar-refractivity contribution in [3.8, 4) is 11.4 Å². The number of hydrogen-bond acceptors (Lipinski definition) is 6. The average Bonchev–Trinajstić information content (AvgIpc) is 3.66. The number of aromatic nitrogens is 4. The molecule has 2 aliphatic rings. The van der Waals surface area contributed by atoms with Crippen molar-refractivity contribution in [1.29, 1.82) is 0 Å².